The maximum absolute atomic E-state index is 12.5. The molecule has 0 unspecified atom stereocenters. The van der Waals surface area contributed by atoms with E-state index in [2.05, 4.69) is 5.32 Å². The summed E-state index contributed by atoms with van der Waals surface area (Å²) >= 11 is 0. The number of carboxylic acid groups (broad SMARTS) is 1. The number of hydrogen-bond donors (Lipinski definition) is 2. The quantitative estimate of drug-likeness (QED) is 0.625. The number of esters is 1. The molecule has 0 saturated carbocycles. The Labute approximate surface area is 138 Å². The average molecular weight is 331 g/mol. The standard InChI is InChI=1S/C17H17NO6/c1-2-23-17(22)9-3-5-10(6-4-9)18-15(19)13-11-7-8-12(24-11)14(13)16(20)21/h3-8,11-14H,2H2,1H3,(H,18,19)(H,20,21)/t11-,12+,13+,14-/m0/s1. The van der Waals surface area contributed by atoms with Crippen LogP contribution in [0.1, 0.15) is 17.3 Å². The van der Waals surface area contributed by atoms with Gasteiger partial charge >= 0.3 is 11.9 Å². The molecule has 1 saturated heterocycles. The Kier molecular flexibility index (Phi) is 4.35. The van der Waals surface area contributed by atoms with E-state index in [-0.39, 0.29) is 6.61 Å². The number of aliphatic carboxylic acids is 1. The van der Waals surface area contributed by atoms with Crippen molar-refractivity contribution in [3.63, 3.8) is 0 Å². The zero-order valence-electron chi connectivity index (χ0n) is 13.0. The molecule has 1 amide bonds. The predicted molar refractivity (Wildman–Crippen MR) is 83.4 cm³/mol. The van der Waals surface area contributed by atoms with E-state index in [4.69, 9.17) is 9.47 Å². The van der Waals surface area contributed by atoms with Gasteiger partial charge in [-0.3, -0.25) is 9.59 Å². The van der Waals surface area contributed by atoms with E-state index in [9.17, 15) is 19.5 Å². The van der Waals surface area contributed by atoms with Gasteiger partial charge < -0.3 is 19.9 Å². The maximum atomic E-state index is 12.5. The van der Waals surface area contributed by atoms with E-state index >= 15 is 0 Å². The van der Waals surface area contributed by atoms with Crippen molar-refractivity contribution in [2.45, 2.75) is 19.1 Å². The van der Waals surface area contributed by atoms with Crippen LogP contribution < -0.4 is 5.32 Å². The number of rotatable bonds is 5. The van der Waals surface area contributed by atoms with Crippen LogP contribution in [-0.2, 0) is 19.1 Å². The Morgan fingerprint density at radius 1 is 1.12 bits per heavy atom. The topological polar surface area (TPSA) is 102 Å². The summed E-state index contributed by atoms with van der Waals surface area (Å²) in [5.41, 5.74) is 0.855. The Hall–Kier alpha value is -2.67. The molecule has 2 heterocycles. The highest BCUT2D eigenvalue weighted by Gasteiger charge is 2.53. The second-order valence-corrected chi connectivity index (χ2v) is 5.63. The minimum absolute atomic E-state index is 0.283. The van der Waals surface area contributed by atoms with Crippen molar-refractivity contribution in [3.05, 3.63) is 42.0 Å². The lowest BCUT2D eigenvalue weighted by molar-refractivity contribution is -0.145. The number of hydrogen-bond acceptors (Lipinski definition) is 5. The van der Waals surface area contributed by atoms with Crippen molar-refractivity contribution in [2.75, 3.05) is 11.9 Å². The molecule has 126 valence electrons. The number of anilines is 1. The van der Waals surface area contributed by atoms with E-state index in [1.807, 2.05) is 0 Å². The molecule has 7 heteroatoms. The molecule has 0 radical (unpaired) electrons. The fraction of sp³-hybridized carbons (Fsp3) is 0.353. The predicted octanol–water partition coefficient (Wildman–Crippen LogP) is 1.46. The number of carbonyl (C=O) groups excluding carboxylic acids is 2. The smallest absolute Gasteiger partial charge is 0.338 e. The summed E-state index contributed by atoms with van der Waals surface area (Å²) in [6.07, 6.45) is 2.32. The molecular formula is C17H17NO6. The first-order valence-corrected chi connectivity index (χ1v) is 7.66. The molecule has 7 nitrogen and oxygen atoms in total. The molecule has 0 spiro atoms. The van der Waals surface area contributed by atoms with Crippen molar-refractivity contribution in [3.8, 4) is 0 Å². The summed E-state index contributed by atoms with van der Waals surface area (Å²) in [6, 6.07) is 6.23. The van der Waals surface area contributed by atoms with Crippen LogP contribution >= 0.6 is 0 Å². The summed E-state index contributed by atoms with van der Waals surface area (Å²) in [5.74, 6) is -3.57. The first kappa shape index (κ1) is 16.2. The summed E-state index contributed by atoms with van der Waals surface area (Å²) in [7, 11) is 0. The highest BCUT2D eigenvalue weighted by molar-refractivity contribution is 5.97. The minimum Gasteiger partial charge on any atom is -0.481 e. The molecule has 0 aliphatic carbocycles. The summed E-state index contributed by atoms with van der Waals surface area (Å²) in [5, 5.41) is 12.0. The van der Waals surface area contributed by atoms with Gasteiger partial charge in [0.05, 0.1) is 30.3 Å². The molecule has 2 aliphatic rings. The lowest BCUT2D eigenvalue weighted by Crippen LogP contribution is -2.39. The molecule has 3 rings (SSSR count). The van der Waals surface area contributed by atoms with Crippen molar-refractivity contribution in [2.24, 2.45) is 11.8 Å². The molecule has 2 bridgehead atoms. The van der Waals surface area contributed by atoms with Crippen molar-refractivity contribution in [1.29, 1.82) is 0 Å². The number of carboxylic acids is 1. The third-order valence-electron chi connectivity index (χ3n) is 4.15. The summed E-state index contributed by atoms with van der Waals surface area (Å²) in [6.45, 7) is 2.00. The van der Waals surface area contributed by atoms with Crippen LogP contribution in [0.25, 0.3) is 0 Å². The molecule has 2 N–H and O–H groups in total. The van der Waals surface area contributed by atoms with Gasteiger partial charge in [-0.2, -0.15) is 0 Å². The van der Waals surface area contributed by atoms with Crippen LogP contribution in [0.3, 0.4) is 0 Å². The number of ether oxygens (including phenoxy) is 2. The van der Waals surface area contributed by atoms with Crippen LogP contribution in [0, 0.1) is 11.8 Å². The SMILES string of the molecule is CCOC(=O)c1ccc(NC(=O)[C@H]2[C@@H](C(=O)O)[C@H]3C=C[C@@H]2O3)cc1. The van der Waals surface area contributed by atoms with Gasteiger partial charge in [0.1, 0.15) is 5.92 Å². The highest BCUT2D eigenvalue weighted by atomic mass is 16.5. The normalized spacial score (nSPS) is 27.0. The molecule has 24 heavy (non-hydrogen) atoms. The van der Waals surface area contributed by atoms with Crippen molar-refractivity contribution >= 4 is 23.5 Å². The largest absolute Gasteiger partial charge is 0.481 e. The third kappa shape index (κ3) is 2.90. The Morgan fingerprint density at radius 3 is 2.33 bits per heavy atom. The number of nitrogens with one attached hydrogen (secondary N) is 1. The van der Waals surface area contributed by atoms with Gasteiger partial charge in [-0.1, -0.05) is 12.2 Å². The van der Waals surface area contributed by atoms with Gasteiger partial charge in [0.15, 0.2) is 0 Å². The van der Waals surface area contributed by atoms with Crippen LogP contribution in [0.2, 0.25) is 0 Å². The Bertz CT molecular complexity index is 696. The van der Waals surface area contributed by atoms with Crippen LogP contribution in [-0.4, -0.2) is 41.8 Å². The Morgan fingerprint density at radius 2 is 1.75 bits per heavy atom. The number of carbonyl (C=O) groups is 3. The van der Waals surface area contributed by atoms with Gasteiger partial charge in [-0.05, 0) is 31.2 Å². The zero-order valence-corrected chi connectivity index (χ0v) is 13.0. The van der Waals surface area contributed by atoms with Gasteiger partial charge in [-0.15, -0.1) is 0 Å². The first-order valence-electron chi connectivity index (χ1n) is 7.66. The van der Waals surface area contributed by atoms with E-state index in [1.54, 1.807) is 43.3 Å². The minimum atomic E-state index is -1.05. The van der Waals surface area contributed by atoms with Gasteiger partial charge in [0, 0.05) is 5.69 Å². The monoisotopic (exact) mass is 331 g/mol. The van der Waals surface area contributed by atoms with E-state index < -0.39 is 41.9 Å². The molecule has 0 aromatic heterocycles. The van der Waals surface area contributed by atoms with E-state index in [0.717, 1.165) is 0 Å². The average Bonchev–Trinajstić information content (AvgIpc) is 3.16. The summed E-state index contributed by atoms with van der Waals surface area (Å²) in [4.78, 5) is 35.4. The zero-order chi connectivity index (χ0) is 17.3. The second-order valence-electron chi connectivity index (χ2n) is 5.63. The number of amides is 1. The molecule has 2 aliphatic heterocycles. The Balaban J connectivity index is 1.70. The molecule has 1 aromatic carbocycles. The summed E-state index contributed by atoms with van der Waals surface area (Å²) < 4.78 is 10.4. The molecular weight excluding hydrogens is 314 g/mol. The van der Waals surface area contributed by atoms with E-state index in [0.29, 0.717) is 11.3 Å². The third-order valence-corrected chi connectivity index (χ3v) is 4.15. The highest BCUT2D eigenvalue weighted by Crippen LogP contribution is 2.39. The van der Waals surface area contributed by atoms with Gasteiger partial charge in [-0.25, -0.2) is 4.79 Å². The first-order chi connectivity index (χ1) is 11.5. The van der Waals surface area contributed by atoms with Crippen molar-refractivity contribution in [1.82, 2.24) is 0 Å². The van der Waals surface area contributed by atoms with E-state index in [1.165, 1.54) is 0 Å². The molecule has 1 fully saturated rings. The lowest BCUT2D eigenvalue weighted by Gasteiger charge is -2.21. The molecule has 4 atom stereocenters. The van der Waals surface area contributed by atoms with Crippen LogP contribution in [0.5, 0.6) is 0 Å². The maximum Gasteiger partial charge on any atom is 0.338 e. The number of fused-ring (bicyclic) bond motifs is 2. The number of benzene rings is 1. The van der Waals surface area contributed by atoms with Gasteiger partial charge in [0.25, 0.3) is 0 Å². The van der Waals surface area contributed by atoms with Crippen molar-refractivity contribution < 1.29 is 29.0 Å². The van der Waals surface area contributed by atoms with Crippen LogP contribution in [0.4, 0.5) is 5.69 Å². The fourth-order valence-electron chi connectivity index (χ4n) is 3.04. The lowest BCUT2D eigenvalue weighted by atomic mass is 9.82. The molecule has 1 aromatic rings. The second kappa shape index (κ2) is 6.45. The van der Waals surface area contributed by atoms with Gasteiger partial charge in [0.2, 0.25) is 5.91 Å². The fourth-order valence-corrected chi connectivity index (χ4v) is 3.04. The van der Waals surface area contributed by atoms with Crippen LogP contribution in [0.15, 0.2) is 36.4 Å².